The van der Waals surface area contributed by atoms with Crippen LogP contribution in [0.25, 0.3) is 66.1 Å². The quantitative estimate of drug-likeness (QED) is 0.120. The van der Waals surface area contributed by atoms with Gasteiger partial charge in [-0.05, 0) is 78.2 Å². The molecule has 0 radical (unpaired) electrons. The predicted octanol–water partition coefficient (Wildman–Crippen LogP) is 15.6. The van der Waals surface area contributed by atoms with Gasteiger partial charge in [-0.1, -0.05) is 163 Å². The molecule has 326 valence electrons. The summed E-state index contributed by atoms with van der Waals surface area (Å²) in [4.78, 5) is 11.1. The maximum atomic E-state index is 7.77. The second-order valence-corrected chi connectivity index (χ2v) is 18.6. The van der Waals surface area contributed by atoms with Crippen LogP contribution in [0.5, 0.6) is 0 Å². The van der Waals surface area contributed by atoms with Gasteiger partial charge < -0.3 is 21.0 Å². The van der Waals surface area contributed by atoms with Gasteiger partial charge in [0.2, 0.25) is 0 Å². The van der Waals surface area contributed by atoms with E-state index in [0.29, 0.717) is 46.0 Å². The Kier molecular flexibility index (Phi) is 12.8. The molecule has 0 bridgehead atoms. The van der Waals surface area contributed by atoms with Gasteiger partial charge in [0.25, 0.3) is 0 Å². The Morgan fingerprint density at radius 2 is 0.938 bits per heavy atom. The molecule has 0 saturated heterocycles. The highest BCUT2D eigenvalue weighted by Gasteiger charge is 2.30. The van der Waals surface area contributed by atoms with Crippen molar-refractivity contribution in [2.45, 2.75) is 57.7 Å². The molecule has 0 saturated carbocycles. The predicted molar refractivity (Wildman–Crippen MR) is 275 cm³/mol. The van der Waals surface area contributed by atoms with Crippen LogP contribution in [-0.2, 0) is 25.9 Å². The second-order valence-electron chi connectivity index (χ2n) is 17.0. The van der Waals surface area contributed by atoms with Crippen LogP contribution in [0.1, 0.15) is 48.7 Å². The molecule has 10 rings (SSSR count). The zero-order valence-electron chi connectivity index (χ0n) is 36.0. The summed E-state index contributed by atoms with van der Waals surface area (Å²) in [7, 11) is 0. The maximum absolute atomic E-state index is 7.77. The third-order valence-corrected chi connectivity index (χ3v) is 13.5. The number of para-hydroxylation sites is 2. The number of fused-ring (bicyclic) bond motifs is 6. The summed E-state index contributed by atoms with van der Waals surface area (Å²) in [6, 6.07) is 53.6. The standard InChI is InChI=1S/C55H45Cl4N5.H3N/c1-2-3-26-55(60,31-39-29-45-41-18-6-10-24-49(41)63(33-35-14-12-16-37(56)27-35)53(45)51(61-39)43-20-4-8-22-47(43)58)32-40-30-46-42-19-7-11-25-50(42)64(34-36-15-13-17-38(57)28-36)54(46)52(62-40)44-21-5-9-23-48(44)59;/h4-25,27-30H,2-3,26,31-34,60H2,1H3;1H3. The molecule has 5 N–H and O–H groups in total. The Morgan fingerprint density at radius 3 is 1.37 bits per heavy atom. The van der Waals surface area contributed by atoms with E-state index in [1.807, 2.05) is 72.8 Å². The van der Waals surface area contributed by atoms with Crippen molar-refractivity contribution in [3.8, 4) is 22.5 Å². The summed E-state index contributed by atoms with van der Waals surface area (Å²) in [5.74, 6) is 0. The molecule has 4 aromatic heterocycles. The summed E-state index contributed by atoms with van der Waals surface area (Å²) in [5.41, 5.74) is 18.7. The average Bonchev–Trinajstić information content (AvgIpc) is 3.77. The van der Waals surface area contributed by atoms with Crippen LogP contribution in [0, 0.1) is 0 Å². The highest BCUT2D eigenvalue weighted by Crippen LogP contribution is 2.42. The van der Waals surface area contributed by atoms with E-state index in [-0.39, 0.29) is 6.15 Å². The molecule has 6 nitrogen and oxygen atoms in total. The molecular formula is C55H48Cl4N6. The van der Waals surface area contributed by atoms with Crippen molar-refractivity contribution in [2.75, 3.05) is 0 Å². The molecule has 0 aliphatic rings. The molecule has 0 fully saturated rings. The minimum absolute atomic E-state index is 0. The first-order valence-corrected chi connectivity index (χ1v) is 23.3. The molecule has 0 unspecified atom stereocenters. The Labute approximate surface area is 399 Å². The minimum atomic E-state index is -0.703. The monoisotopic (exact) mass is 932 g/mol. The lowest BCUT2D eigenvalue weighted by atomic mass is 9.83. The fraction of sp³-hybridized carbons (Fsp3) is 0.164. The molecule has 0 amide bonds. The van der Waals surface area contributed by atoms with Crippen LogP contribution in [-0.4, -0.2) is 24.6 Å². The highest BCUT2D eigenvalue weighted by atomic mass is 35.5. The molecule has 4 heterocycles. The summed E-state index contributed by atoms with van der Waals surface area (Å²) < 4.78 is 4.69. The average molecular weight is 935 g/mol. The first-order valence-electron chi connectivity index (χ1n) is 21.8. The smallest absolute Gasteiger partial charge is 0.0963 e. The van der Waals surface area contributed by atoms with E-state index in [0.717, 1.165) is 108 Å². The van der Waals surface area contributed by atoms with Crippen LogP contribution >= 0.6 is 46.4 Å². The van der Waals surface area contributed by atoms with Gasteiger partial charge >= 0.3 is 0 Å². The van der Waals surface area contributed by atoms with E-state index in [1.165, 1.54) is 0 Å². The zero-order chi connectivity index (χ0) is 44.0. The van der Waals surface area contributed by atoms with E-state index >= 15 is 0 Å². The first-order chi connectivity index (χ1) is 31.2. The van der Waals surface area contributed by atoms with Crippen LogP contribution in [0.3, 0.4) is 0 Å². The largest absolute Gasteiger partial charge is 0.344 e. The number of aromatic nitrogens is 4. The lowest BCUT2D eigenvalue weighted by molar-refractivity contribution is 0.368. The Bertz CT molecular complexity index is 3150. The fourth-order valence-electron chi connectivity index (χ4n) is 9.57. The number of hydrogen-bond acceptors (Lipinski definition) is 4. The van der Waals surface area contributed by atoms with Gasteiger partial charge in [-0.3, -0.25) is 9.97 Å². The number of pyridine rings is 2. The van der Waals surface area contributed by atoms with Gasteiger partial charge in [-0.15, -0.1) is 0 Å². The molecule has 0 spiro atoms. The van der Waals surface area contributed by atoms with Crippen molar-refractivity contribution in [1.82, 2.24) is 25.3 Å². The Hall–Kier alpha value is -5.70. The number of rotatable bonds is 13. The van der Waals surface area contributed by atoms with Gasteiger partial charge in [0.1, 0.15) is 0 Å². The van der Waals surface area contributed by atoms with Gasteiger partial charge in [0, 0.05) is 96.6 Å². The SMILES string of the molecule is CCCCC(N)(Cc1cc2c3ccccc3n(Cc3cccc(Cl)c3)c2c(-c2ccccc2Cl)n1)Cc1cc2c3ccccc3n(Cc3cccc(Cl)c3)c2c(-c2ccccc2Cl)n1.N. The van der Waals surface area contributed by atoms with Crippen LogP contribution in [0.2, 0.25) is 20.1 Å². The highest BCUT2D eigenvalue weighted by molar-refractivity contribution is 6.34. The van der Waals surface area contributed by atoms with Gasteiger partial charge in [-0.2, -0.15) is 0 Å². The normalized spacial score (nSPS) is 11.8. The topological polar surface area (TPSA) is 96.7 Å². The van der Waals surface area contributed by atoms with Crippen LogP contribution < -0.4 is 11.9 Å². The number of nitrogens with two attached hydrogens (primary N) is 1. The lowest BCUT2D eigenvalue weighted by Crippen LogP contribution is -2.45. The molecule has 0 aliphatic carbocycles. The molecule has 10 heteroatoms. The third-order valence-electron chi connectivity index (χ3n) is 12.4. The van der Waals surface area contributed by atoms with E-state index < -0.39 is 5.54 Å². The third kappa shape index (κ3) is 8.75. The summed E-state index contributed by atoms with van der Waals surface area (Å²) in [5, 5.41) is 7.15. The molecule has 65 heavy (non-hydrogen) atoms. The van der Waals surface area contributed by atoms with Crippen molar-refractivity contribution >= 4 is 90.0 Å². The molecular weight excluding hydrogens is 886 g/mol. The van der Waals surface area contributed by atoms with Crippen LogP contribution in [0.15, 0.2) is 158 Å². The summed E-state index contributed by atoms with van der Waals surface area (Å²) >= 11 is 27.1. The van der Waals surface area contributed by atoms with Crippen molar-refractivity contribution < 1.29 is 0 Å². The van der Waals surface area contributed by atoms with E-state index in [2.05, 4.69) is 101 Å². The molecule has 0 aliphatic heterocycles. The number of benzene rings is 6. The number of halogens is 4. The fourth-order valence-corrected chi connectivity index (χ4v) is 10.4. The molecule has 0 atom stereocenters. The number of hydrogen-bond donors (Lipinski definition) is 2. The summed E-state index contributed by atoms with van der Waals surface area (Å²) in [6.45, 7) is 3.43. The zero-order valence-corrected chi connectivity index (χ0v) is 39.1. The van der Waals surface area contributed by atoms with Gasteiger partial charge in [-0.25, -0.2) is 0 Å². The van der Waals surface area contributed by atoms with Crippen molar-refractivity contribution in [1.29, 1.82) is 0 Å². The number of nitrogens with zero attached hydrogens (tertiary/aromatic N) is 4. The Morgan fingerprint density at radius 1 is 0.508 bits per heavy atom. The maximum Gasteiger partial charge on any atom is 0.0963 e. The lowest BCUT2D eigenvalue weighted by Gasteiger charge is -2.30. The van der Waals surface area contributed by atoms with Crippen LogP contribution in [0.4, 0.5) is 0 Å². The molecule has 6 aromatic carbocycles. The summed E-state index contributed by atoms with van der Waals surface area (Å²) in [6.07, 6.45) is 3.77. The Balaban J connectivity index is 0.00000533. The van der Waals surface area contributed by atoms with Gasteiger partial charge in [0.05, 0.1) is 32.5 Å². The van der Waals surface area contributed by atoms with Gasteiger partial charge in [0.15, 0.2) is 0 Å². The minimum Gasteiger partial charge on any atom is -0.344 e. The molecule has 10 aromatic rings. The van der Waals surface area contributed by atoms with E-state index in [9.17, 15) is 0 Å². The second kappa shape index (κ2) is 18.7. The van der Waals surface area contributed by atoms with Crippen molar-refractivity contribution in [3.63, 3.8) is 0 Å². The number of unbranched alkanes of at least 4 members (excludes halogenated alkanes) is 1. The van der Waals surface area contributed by atoms with E-state index in [4.69, 9.17) is 62.1 Å². The van der Waals surface area contributed by atoms with Crippen molar-refractivity contribution in [2.24, 2.45) is 5.73 Å². The first kappa shape index (κ1) is 44.5. The van der Waals surface area contributed by atoms with E-state index in [1.54, 1.807) is 0 Å². The van der Waals surface area contributed by atoms with Crippen molar-refractivity contribution in [3.05, 3.63) is 200 Å².